The SMILES string of the molecule is CC(O)C(N)C(=O)N1CCCC1C(=O)NC(Cc1cnc[nH]1)C(=O)NC(CCCN=C(N)N)C(=O)O. The summed E-state index contributed by atoms with van der Waals surface area (Å²) in [6.07, 6.45) is 3.05. The molecule has 1 aromatic rings. The first-order valence-electron chi connectivity index (χ1n) is 11.6. The fourth-order valence-corrected chi connectivity index (χ4v) is 3.83. The van der Waals surface area contributed by atoms with E-state index in [1.54, 1.807) is 0 Å². The van der Waals surface area contributed by atoms with E-state index >= 15 is 0 Å². The summed E-state index contributed by atoms with van der Waals surface area (Å²) in [5.41, 5.74) is 16.8. The zero-order valence-corrected chi connectivity index (χ0v) is 20.1. The number of hydrogen-bond acceptors (Lipinski definition) is 8. The van der Waals surface area contributed by atoms with Crippen molar-refractivity contribution in [3.8, 4) is 0 Å². The first kappa shape index (κ1) is 28.5. The number of carbonyl (C=O) groups excluding carboxylic acids is 3. The summed E-state index contributed by atoms with van der Waals surface area (Å²) < 4.78 is 0. The maximum absolute atomic E-state index is 13.1. The molecule has 5 atom stereocenters. The lowest BCUT2D eigenvalue weighted by Crippen LogP contribution is -2.58. The van der Waals surface area contributed by atoms with Crippen molar-refractivity contribution in [1.82, 2.24) is 25.5 Å². The number of aliphatic imine (C=N–C) groups is 1. The highest BCUT2D eigenvalue weighted by atomic mass is 16.4. The van der Waals surface area contributed by atoms with E-state index in [0.29, 0.717) is 25.0 Å². The molecule has 11 N–H and O–H groups in total. The molecule has 0 bridgehead atoms. The minimum atomic E-state index is -1.25. The minimum absolute atomic E-state index is 0.00572. The quantitative estimate of drug-likeness (QED) is 0.0748. The van der Waals surface area contributed by atoms with Crippen LogP contribution in [0.2, 0.25) is 0 Å². The number of carboxylic acid groups (broad SMARTS) is 1. The molecule has 0 spiro atoms. The molecule has 0 saturated carbocycles. The number of carboxylic acids is 1. The lowest BCUT2D eigenvalue weighted by atomic mass is 10.1. The number of H-pyrrole nitrogens is 1. The van der Waals surface area contributed by atoms with Crippen LogP contribution in [0.3, 0.4) is 0 Å². The average molecular weight is 510 g/mol. The third kappa shape index (κ3) is 8.20. The molecule has 1 saturated heterocycles. The number of nitrogens with one attached hydrogen (secondary N) is 3. The second-order valence-corrected chi connectivity index (χ2v) is 8.65. The molecule has 2 rings (SSSR count). The van der Waals surface area contributed by atoms with Gasteiger partial charge in [-0.15, -0.1) is 0 Å². The Hall–Kier alpha value is -3.72. The number of aliphatic hydroxyl groups is 1. The number of aliphatic carboxylic acids is 1. The Morgan fingerprint density at radius 3 is 2.58 bits per heavy atom. The minimum Gasteiger partial charge on any atom is -0.480 e. The van der Waals surface area contributed by atoms with Crippen molar-refractivity contribution in [2.75, 3.05) is 13.1 Å². The molecule has 0 radical (unpaired) electrons. The van der Waals surface area contributed by atoms with E-state index in [1.807, 2.05) is 0 Å². The van der Waals surface area contributed by atoms with E-state index in [0.717, 1.165) is 0 Å². The summed E-state index contributed by atoms with van der Waals surface area (Å²) in [5.74, 6) is -3.24. The van der Waals surface area contributed by atoms with E-state index in [4.69, 9.17) is 17.2 Å². The van der Waals surface area contributed by atoms with Crippen LogP contribution in [0, 0.1) is 0 Å². The zero-order chi connectivity index (χ0) is 26.8. The number of aromatic nitrogens is 2. The summed E-state index contributed by atoms with van der Waals surface area (Å²) >= 11 is 0. The van der Waals surface area contributed by atoms with Crippen LogP contribution in [0.25, 0.3) is 0 Å². The Bertz CT molecular complexity index is 932. The Kier molecular flexibility index (Phi) is 10.6. The predicted octanol–water partition coefficient (Wildman–Crippen LogP) is -3.24. The number of imidazole rings is 1. The van der Waals surface area contributed by atoms with Crippen molar-refractivity contribution in [3.63, 3.8) is 0 Å². The zero-order valence-electron chi connectivity index (χ0n) is 20.1. The molecule has 5 unspecified atom stereocenters. The first-order valence-corrected chi connectivity index (χ1v) is 11.6. The van der Waals surface area contributed by atoms with Crippen molar-refractivity contribution in [1.29, 1.82) is 0 Å². The highest BCUT2D eigenvalue weighted by Crippen LogP contribution is 2.19. The molecule has 2 heterocycles. The van der Waals surface area contributed by atoms with Crippen LogP contribution in [0.4, 0.5) is 0 Å². The normalized spacial score (nSPS) is 18.5. The second-order valence-electron chi connectivity index (χ2n) is 8.65. The highest BCUT2D eigenvalue weighted by Gasteiger charge is 2.38. The fraction of sp³-hybridized carbons (Fsp3) is 0.619. The van der Waals surface area contributed by atoms with Crippen LogP contribution in [0.15, 0.2) is 17.5 Å². The van der Waals surface area contributed by atoms with Gasteiger partial charge in [0.2, 0.25) is 17.7 Å². The summed E-state index contributed by atoms with van der Waals surface area (Å²) in [5, 5.41) is 24.3. The van der Waals surface area contributed by atoms with Crippen LogP contribution in [-0.4, -0.2) is 98.1 Å². The van der Waals surface area contributed by atoms with Gasteiger partial charge in [0.15, 0.2) is 5.96 Å². The number of aliphatic hydroxyl groups excluding tert-OH is 1. The van der Waals surface area contributed by atoms with Gasteiger partial charge in [0, 0.05) is 31.4 Å². The van der Waals surface area contributed by atoms with Gasteiger partial charge in [-0.05, 0) is 32.6 Å². The number of aromatic amines is 1. The van der Waals surface area contributed by atoms with Crippen molar-refractivity contribution >= 4 is 29.7 Å². The Morgan fingerprint density at radius 1 is 1.28 bits per heavy atom. The third-order valence-electron chi connectivity index (χ3n) is 5.82. The smallest absolute Gasteiger partial charge is 0.326 e. The number of carbonyl (C=O) groups is 4. The Labute approximate surface area is 207 Å². The molecule has 15 heteroatoms. The number of guanidine groups is 1. The van der Waals surface area contributed by atoms with E-state index in [-0.39, 0.29) is 31.9 Å². The lowest BCUT2D eigenvalue weighted by Gasteiger charge is -2.29. The molecule has 1 fully saturated rings. The average Bonchev–Trinajstić information content (AvgIpc) is 3.51. The number of likely N-dealkylation sites (tertiary alicyclic amines) is 1. The van der Waals surface area contributed by atoms with Gasteiger partial charge in [-0.2, -0.15) is 0 Å². The topological polar surface area (TPSA) is 255 Å². The molecule has 200 valence electrons. The van der Waals surface area contributed by atoms with E-state index in [2.05, 4.69) is 25.6 Å². The first-order chi connectivity index (χ1) is 17.0. The lowest BCUT2D eigenvalue weighted by molar-refractivity contribution is -0.143. The van der Waals surface area contributed by atoms with E-state index in [1.165, 1.54) is 24.3 Å². The molecular formula is C21H35N9O6. The van der Waals surface area contributed by atoms with Gasteiger partial charge < -0.3 is 47.9 Å². The van der Waals surface area contributed by atoms with Crippen molar-refractivity contribution in [2.45, 2.75) is 69.3 Å². The summed E-state index contributed by atoms with van der Waals surface area (Å²) in [6, 6.07) is -4.45. The van der Waals surface area contributed by atoms with Gasteiger partial charge in [-0.1, -0.05) is 0 Å². The molecule has 3 amide bonds. The molecule has 1 aliphatic heterocycles. The fourth-order valence-electron chi connectivity index (χ4n) is 3.83. The van der Waals surface area contributed by atoms with Gasteiger partial charge in [0.05, 0.1) is 12.4 Å². The highest BCUT2D eigenvalue weighted by molar-refractivity contribution is 5.94. The van der Waals surface area contributed by atoms with Crippen LogP contribution in [-0.2, 0) is 25.6 Å². The van der Waals surface area contributed by atoms with Gasteiger partial charge in [-0.25, -0.2) is 9.78 Å². The number of rotatable bonds is 13. The van der Waals surface area contributed by atoms with Gasteiger partial charge in [0.25, 0.3) is 0 Å². The van der Waals surface area contributed by atoms with Gasteiger partial charge in [-0.3, -0.25) is 19.4 Å². The third-order valence-corrected chi connectivity index (χ3v) is 5.82. The van der Waals surface area contributed by atoms with Crippen LogP contribution in [0.1, 0.15) is 38.3 Å². The van der Waals surface area contributed by atoms with Crippen molar-refractivity contribution in [3.05, 3.63) is 18.2 Å². The van der Waals surface area contributed by atoms with Gasteiger partial charge >= 0.3 is 5.97 Å². The predicted molar refractivity (Wildman–Crippen MR) is 128 cm³/mol. The molecule has 15 nitrogen and oxygen atoms in total. The molecule has 1 aromatic heterocycles. The monoisotopic (exact) mass is 509 g/mol. The molecular weight excluding hydrogens is 474 g/mol. The summed E-state index contributed by atoms with van der Waals surface area (Å²) in [6.45, 7) is 1.86. The van der Waals surface area contributed by atoms with Crippen LogP contribution >= 0.6 is 0 Å². The van der Waals surface area contributed by atoms with E-state index in [9.17, 15) is 29.4 Å². The van der Waals surface area contributed by atoms with Crippen molar-refractivity contribution in [2.24, 2.45) is 22.2 Å². The largest absolute Gasteiger partial charge is 0.480 e. The Balaban J connectivity index is 2.12. The van der Waals surface area contributed by atoms with Gasteiger partial charge in [0.1, 0.15) is 24.2 Å². The van der Waals surface area contributed by atoms with Crippen molar-refractivity contribution < 1.29 is 29.4 Å². The van der Waals surface area contributed by atoms with Crippen LogP contribution in [0.5, 0.6) is 0 Å². The van der Waals surface area contributed by atoms with E-state index < -0.39 is 54.0 Å². The van der Waals surface area contributed by atoms with Crippen LogP contribution < -0.4 is 27.8 Å². The number of amides is 3. The Morgan fingerprint density at radius 2 is 2.00 bits per heavy atom. The molecule has 0 aromatic carbocycles. The summed E-state index contributed by atoms with van der Waals surface area (Å²) in [7, 11) is 0. The second kappa shape index (κ2) is 13.4. The number of nitrogens with zero attached hydrogens (tertiary/aromatic N) is 3. The maximum atomic E-state index is 13.1. The standard InChI is InChI=1S/C21H35N9O6/c1-11(31)16(22)19(34)30-7-3-5-15(30)18(33)29-14(8-12-9-25-10-27-12)17(32)28-13(20(35)36)4-2-6-26-21(23)24/h9-11,13-16,31H,2-8,22H2,1H3,(H,25,27)(H,28,32)(H,29,33)(H,35,36)(H4,23,24,26). The number of hydrogen-bond donors (Lipinski definition) is 8. The maximum Gasteiger partial charge on any atom is 0.326 e. The molecule has 36 heavy (non-hydrogen) atoms. The molecule has 0 aliphatic carbocycles. The number of nitrogens with two attached hydrogens (primary N) is 3. The molecule has 1 aliphatic rings. The summed E-state index contributed by atoms with van der Waals surface area (Å²) in [4.78, 5) is 62.3.